The minimum Gasteiger partial charge on any atom is -0.455 e. The van der Waals surface area contributed by atoms with E-state index in [0.29, 0.717) is 13.1 Å². The van der Waals surface area contributed by atoms with Crippen LogP contribution in [0.4, 0.5) is 5.95 Å². The Labute approximate surface area is 265 Å². The maximum Gasteiger partial charge on any atom is 0.239 e. The van der Waals surface area contributed by atoms with Crippen molar-refractivity contribution in [3.63, 3.8) is 0 Å². The summed E-state index contributed by atoms with van der Waals surface area (Å²) in [5, 5.41) is 7.12. The quantitative estimate of drug-likeness (QED) is 0.274. The molecule has 4 heterocycles. The van der Waals surface area contributed by atoms with Crippen molar-refractivity contribution in [3.8, 4) is 11.5 Å². The Kier molecular flexibility index (Phi) is 8.49. The van der Waals surface area contributed by atoms with E-state index >= 15 is 0 Å². The summed E-state index contributed by atoms with van der Waals surface area (Å²) in [6, 6.07) is 24.7. The summed E-state index contributed by atoms with van der Waals surface area (Å²) in [7, 11) is 1.91. The van der Waals surface area contributed by atoms with Crippen LogP contribution in [0.25, 0.3) is 11.0 Å². The number of hydrogen-bond acceptors (Lipinski definition) is 7. The predicted octanol–water partition coefficient (Wildman–Crippen LogP) is 5.08. The number of morpholine rings is 1. The van der Waals surface area contributed by atoms with E-state index in [1.54, 1.807) is 0 Å². The molecule has 3 aliphatic heterocycles. The third kappa shape index (κ3) is 6.17. The van der Waals surface area contributed by atoms with Crippen LogP contribution in [0.1, 0.15) is 37.3 Å². The molecule has 1 aromatic heterocycles. The highest BCUT2D eigenvalue weighted by atomic mass is 16.5. The van der Waals surface area contributed by atoms with Crippen LogP contribution >= 0.6 is 0 Å². The van der Waals surface area contributed by atoms with Crippen molar-refractivity contribution in [1.82, 2.24) is 24.7 Å². The van der Waals surface area contributed by atoms with E-state index in [4.69, 9.17) is 14.5 Å². The fourth-order valence-electron chi connectivity index (χ4n) is 7.55. The number of ether oxygens (including phenoxy) is 2. The number of amides is 1. The monoisotopic (exact) mass is 608 g/mol. The topological polar surface area (TPSA) is 83.9 Å². The van der Waals surface area contributed by atoms with Crippen LogP contribution in [0.15, 0.2) is 72.8 Å². The predicted molar refractivity (Wildman–Crippen MR) is 177 cm³/mol. The lowest BCUT2D eigenvalue weighted by molar-refractivity contribution is -0.136. The van der Waals surface area contributed by atoms with Crippen LogP contribution in [0.5, 0.6) is 11.5 Å². The Bertz CT molecular complexity index is 1620. The number of piperidine rings is 1. The Balaban J connectivity index is 1.30. The number of nitrogens with one attached hydrogen (secondary N) is 2. The van der Waals surface area contributed by atoms with Crippen LogP contribution in [-0.4, -0.2) is 83.3 Å². The molecule has 3 saturated heterocycles. The largest absolute Gasteiger partial charge is 0.455 e. The van der Waals surface area contributed by atoms with Crippen LogP contribution in [-0.2, 0) is 22.6 Å². The van der Waals surface area contributed by atoms with Crippen molar-refractivity contribution in [1.29, 1.82) is 0 Å². The number of hydrogen-bond donors (Lipinski definition) is 2. The Hall–Kier alpha value is -3.92. The number of anilines is 1. The molecule has 0 aliphatic carbocycles. The highest BCUT2D eigenvalue weighted by Crippen LogP contribution is 2.45. The van der Waals surface area contributed by atoms with Crippen molar-refractivity contribution < 1.29 is 14.3 Å². The molecule has 0 bridgehead atoms. The first kappa shape index (κ1) is 29.8. The molecule has 3 unspecified atom stereocenters. The van der Waals surface area contributed by atoms with Crippen molar-refractivity contribution in [2.75, 3.05) is 45.1 Å². The molecule has 9 nitrogen and oxygen atoms in total. The zero-order valence-corrected chi connectivity index (χ0v) is 26.5. The summed E-state index contributed by atoms with van der Waals surface area (Å²) >= 11 is 0. The summed E-state index contributed by atoms with van der Waals surface area (Å²) < 4.78 is 15.1. The minimum absolute atomic E-state index is 0.137. The van der Waals surface area contributed by atoms with Gasteiger partial charge < -0.3 is 29.6 Å². The highest BCUT2D eigenvalue weighted by molar-refractivity contribution is 5.88. The SMILES string of the molecule is C[C@@H]1CN(CCn2c(NCc3ccccc3)nc3c(Oc4ccccc4)c(C4CN(C)C(=O)C5NCCC54)ccc32)C[C@H](C)O1. The van der Waals surface area contributed by atoms with Crippen LogP contribution in [0, 0.1) is 5.92 Å². The first-order valence-electron chi connectivity index (χ1n) is 16.3. The average Bonchev–Trinajstić information content (AvgIpc) is 3.67. The van der Waals surface area contributed by atoms with Gasteiger partial charge in [-0.1, -0.05) is 54.6 Å². The average molecular weight is 609 g/mol. The van der Waals surface area contributed by atoms with Gasteiger partial charge in [0.15, 0.2) is 5.75 Å². The number of likely N-dealkylation sites (tertiary alicyclic amines) is 1. The van der Waals surface area contributed by atoms with E-state index in [-0.39, 0.29) is 36.0 Å². The number of carbonyl (C=O) groups excluding carboxylic acids is 1. The fraction of sp³-hybridized carbons (Fsp3) is 0.444. The molecule has 236 valence electrons. The Morgan fingerprint density at radius 2 is 1.69 bits per heavy atom. The number of benzene rings is 3. The summed E-state index contributed by atoms with van der Waals surface area (Å²) in [6.07, 6.45) is 1.39. The molecular formula is C36H44N6O3. The summed E-state index contributed by atoms with van der Waals surface area (Å²) in [5.41, 5.74) is 4.19. The smallest absolute Gasteiger partial charge is 0.239 e. The maximum absolute atomic E-state index is 13.0. The lowest BCUT2D eigenvalue weighted by Gasteiger charge is -2.39. The van der Waals surface area contributed by atoms with Gasteiger partial charge in [0.25, 0.3) is 0 Å². The molecule has 1 amide bonds. The molecule has 5 atom stereocenters. The zero-order chi connectivity index (χ0) is 30.9. The Morgan fingerprint density at radius 3 is 2.44 bits per heavy atom. The first-order valence-corrected chi connectivity index (χ1v) is 16.3. The second-order valence-electron chi connectivity index (χ2n) is 12.9. The van der Waals surface area contributed by atoms with Gasteiger partial charge in [0.2, 0.25) is 11.9 Å². The molecule has 3 aromatic carbocycles. The number of para-hydroxylation sites is 1. The van der Waals surface area contributed by atoms with Gasteiger partial charge in [0.05, 0.1) is 23.8 Å². The van der Waals surface area contributed by atoms with E-state index in [0.717, 1.165) is 73.2 Å². The van der Waals surface area contributed by atoms with Crippen molar-refractivity contribution in [3.05, 3.63) is 83.9 Å². The van der Waals surface area contributed by atoms with E-state index in [1.807, 2.05) is 48.3 Å². The van der Waals surface area contributed by atoms with Crippen molar-refractivity contribution >= 4 is 22.9 Å². The number of carbonyl (C=O) groups is 1. The second-order valence-corrected chi connectivity index (χ2v) is 12.9. The Morgan fingerprint density at radius 1 is 0.956 bits per heavy atom. The highest BCUT2D eigenvalue weighted by Gasteiger charge is 2.45. The van der Waals surface area contributed by atoms with Gasteiger partial charge >= 0.3 is 0 Å². The molecule has 4 aromatic rings. The number of nitrogens with zero attached hydrogens (tertiary/aromatic N) is 4. The number of likely N-dealkylation sites (N-methyl/N-ethyl adjacent to an activating group) is 1. The lowest BCUT2D eigenvalue weighted by atomic mass is 9.77. The van der Waals surface area contributed by atoms with Gasteiger partial charge in [-0.05, 0) is 56.5 Å². The molecule has 9 heteroatoms. The van der Waals surface area contributed by atoms with Gasteiger partial charge in [-0.15, -0.1) is 0 Å². The van der Waals surface area contributed by atoms with Crippen molar-refractivity contribution in [2.24, 2.45) is 5.92 Å². The van der Waals surface area contributed by atoms with Gasteiger partial charge in [-0.3, -0.25) is 9.69 Å². The molecule has 0 spiro atoms. The van der Waals surface area contributed by atoms with Crippen LogP contribution < -0.4 is 15.4 Å². The third-order valence-corrected chi connectivity index (χ3v) is 9.60. The van der Waals surface area contributed by atoms with E-state index in [2.05, 4.69) is 70.3 Å². The molecule has 7 rings (SSSR count). The van der Waals surface area contributed by atoms with Gasteiger partial charge in [-0.2, -0.15) is 0 Å². The molecule has 3 fully saturated rings. The summed E-state index contributed by atoms with van der Waals surface area (Å²) in [5.74, 6) is 2.92. The lowest BCUT2D eigenvalue weighted by Crippen LogP contribution is -2.52. The number of aromatic nitrogens is 2. The maximum atomic E-state index is 13.0. The molecule has 0 radical (unpaired) electrons. The number of rotatable bonds is 9. The van der Waals surface area contributed by atoms with Gasteiger partial charge in [0, 0.05) is 57.8 Å². The van der Waals surface area contributed by atoms with Crippen LogP contribution in [0.3, 0.4) is 0 Å². The zero-order valence-electron chi connectivity index (χ0n) is 26.5. The van der Waals surface area contributed by atoms with Gasteiger partial charge in [0.1, 0.15) is 11.3 Å². The van der Waals surface area contributed by atoms with E-state index in [9.17, 15) is 4.79 Å². The van der Waals surface area contributed by atoms with E-state index < -0.39 is 0 Å². The molecular weight excluding hydrogens is 564 g/mol. The van der Waals surface area contributed by atoms with E-state index in [1.165, 1.54) is 5.56 Å². The standard InChI is InChI=1S/C36H44N6O3/c1-24-21-41(22-25(2)44-24)18-19-42-31-15-14-29(30-23-40(3)35(43)32-28(30)16-17-37-32)34(45-27-12-8-5-9-13-27)33(31)39-36(42)38-20-26-10-6-4-7-11-26/h4-15,24-25,28,30,32,37H,16-23H2,1-3H3,(H,38,39)/t24-,25+,28?,30?,32?. The third-order valence-electron chi connectivity index (χ3n) is 9.60. The number of fused-ring (bicyclic) bond motifs is 2. The summed E-state index contributed by atoms with van der Waals surface area (Å²) in [4.78, 5) is 22.7. The molecule has 45 heavy (non-hydrogen) atoms. The second kappa shape index (κ2) is 12.8. The minimum atomic E-state index is -0.159. The first-order chi connectivity index (χ1) is 21.9. The van der Waals surface area contributed by atoms with Crippen LogP contribution in [0.2, 0.25) is 0 Å². The normalized spacial score (nSPS) is 25.4. The fourth-order valence-corrected chi connectivity index (χ4v) is 7.55. The van der Waals surface area contributed by atoms with Gasteiger partial charge in [-0.25, -0.2) is 4.98 Å². The van der Waals surface area contributed by atoms with Crippen molar-refractivity contribution in [2.45, 2.75) is 57.5 Å². The molecule has 2 N–H and O–H groups in total. The molecule has 3 aliphatic rings. The molecule has 0 saturated carbocycles. The summed E-state index contributed by atoms with van der Waals surface area (Å²) in [6.45, 7) is 9.99. The number of imidazole rings is 1.